The smallest absolute Gasteiger partial charge is 0.314 e. The van der Waals surface area contributed by atoms with Crippen LogP contribution in [0.3, 0.4) is 0 Å². The van der Waals surface area contributed by atoms with Crippen molar-refractivity contribution < 1.29 is 14.6 Å². The molecule has 0 aliphatic rings. The number of benzene rings is 2. The molecule has 1 atom stereocenters. The Balaban J connectivity index is 2.19. The first-order valence-electron chi connectivity index (χ1n) is 7.85. The van der Waals surface area contributed by atoms with Crippen molar-refractivity contribution in [2.75, 3.05) is 12.9 Å². The van der Waals surface area contributed by atoms with E-state index in [0.29, 0.717) is 18.1 Å². The van der Waals surface area contributed by atoms with Crippen LogP contribution in [-0.4, -0.2) is 30.2 Å². The van der Waals surface area contributed by atoms with Crippen LogP contribution in [-0.2, 0) is 16.0 Å². The van der Waals surface area contributed by atoms with E-state index in [1.165, 1.54) is 6.07 Å². The summed E-state index contributed by atoms with van der Waals surface area (Å²) in [6.07, 6.45) is 3.95. The van der Waals surface area contributed by atoms with E-state index in [9.17, 15) is 9.90 Å². The van der Waals surface area contributed by atoms with Gasteiger partial charge in [-0.2, -0.15) is 0 Å². The lowest BCUT2D eigenvalue weighted by Gasteiger charge is -2.12. The van der Waals surface area contributed by atoms with Crippen LogP contribution in [0, 0.1) is 5.92 Å². The number of aliphatic imine (C=N–C) groups is 1. The quantitative estimate of drug-likeness (QED) is 0.424. The van der Waals surface area contributed by atoms with Gasteiger partial charge in [-0.3, -0.25) is 9.79 Å². The number of nitrogens with zero attached hydrogens (tertiary/aromatic N) is 1. The Hall–Kier alpha value is -1.98. The summed E-state index contributed by atoms with van der Waals surface area (Å²) in [5.41, 5.74) is 1.52. The fourth-order valence-corrected chi connectivity index (χ4v) is 2.89. The first-order valence-corrected chi connectivity index (χ1v) is 9.46. The summed E-state index contributed by atoms with van der Waals surface area (Å²) in [4.78, 5) is 17.8. The minimum atomic E-state index is -0.554. The van der Waals surface area contributed by atoms with Crippen molar-refractivity contribution >= 4 is 41.2 Å². The maximum absolute atomic E-state index is 12.2. The van der Waals surface area contributed by atoms with E-state index < -0.39 is 5.92 Å². The van der Waals surface area contributed by atoms with Gasteiger partial charge < -0.3 is 9.84 Å². The van der Waals surface area contributed by atoms with Gasteiger partial charge in [0.15, 0.2) is 0 Å². The van der Waals surface area contributed by atoms with Crippen molar-refractivity contribution in [1.82, 2.24) is 0 Å². The van der Waals surface area contributed by atoms with Crippen molar-refractivity contribution in [2.24, 2.45) is 10.9 Å². The van der Waals surface area contributed by atoms with Gasteiger partial charge in [0.2, 0.25) is 0 Å². The normalized spacial score (nSPS) is 12.3. The van der Waals surface area contributed by atoms with Gasteiger partial charge in [0.05, 0.1) is 18.2 Å². The molecule has 2 aromatic rings. The Morgan fingerprint density at radius 1 is 1.32 bits per heavy atom. The average molecular weight is 378 g/mol. The number of hydrogen-bond donors (Lipinski definition) is 1. The molecule has 0 fully saturated rings. The van der Waals surface area contributed by atoms with Crippen LogP contribution in [0.5, 0.6) is 5.75 Å². The van der Waals surface area contributed by atoms with Crippen molar-refractivity contribution in [2.45, 2.75) is 18.2 Å². The van der Waals surface area contributed by atoms with Crippen LogP contribution >= 0.6 is 23.4 Å². The molecule has 0 aliphatic heterocycles. The fourth-order valence-electron chi connectivity index (χ4n) is 2.23. The molecule has 0 aromatic heterocycles. The van der Waals surface area contributed by atoms with Crippen LogP contribution in [0.25, 0.3) is 0 Å². The standard InChI is InChI=1S/C19H20ClNO3S/c1-3-24-19(23)14(10-13-4-7-16(22)11-18(13)20)12-21-15-5-8-17(25-2)9-6-15/h4-9,11-12,14,22H,3,10H2,1-2H3. The predicted molar refractivity (Wildman–Crippen MR) is 103 cm³/mol. The summed E-state index contributed by atoms with van der Waals surface area (Å²) in [6.45, 7) is 2.07. The van der Waals surface area contributed by atoms with Gasteiger partial charge in [-0.1, -0.05) is 17.7 Å². The molecule has 0 aliphatic carbocycles. The number of ether oxygens (including phenoxy) is 1. The number of esters is 1. The van der Waals surface area contributed by atoms with E-state index in [4.69, 9.17) is 16.3 Å². The first-order chi connectivity index (χ1) is 12.0. The molecule has 0 bridgehead atoms. The van der Waals surface area contributed by atoms with E-state index in [0.717, 1.165) is 16.1 Å². The third-order valence-corrected chi connectivity index (χ3v) is 4.64. The number of carbonyl (C=O) groups is 1. The minimum Gasteiger partial charge on any atom is -0.508 e. The molecule has 1 unspecified atom stereocenters. The van der Waals surface area contributed by atoms with E-state index >= 15 is 0 Å². The maximum Gasteiger partial charge on any atom is 0.314 e. The molecule has 2 rings (SSSR count). The van der Waals surface area contributed by atoms with Gasteiger partial charge in [0.25, 0.3) is 0 Å². The molecule has 2 aromatic carbocycles. The second kappa shape index (κ2) is 9.49. The molecule has 0 heterocycles. The van der Waals surface area contributed by atoms with Crippen LogP contribution in [0.4, 0.5) is 5.69 Å². The molecule has 1 N–H and O–H groups in total. The maximum atomic E-state index is 12.2. The third kappa shape index (κ3) is 5.80. The Kier molecular flexibility index (Phi) is 7.34. The van der Waals surface area contributed by atoms with Gasteiger partial charge in [-0.15, -0.1) is 11.8 Å². The van der Waals surface area contributed by atoms with Crippen molar-refractivity contribution in [3.05, 3.63) is 53.1 Å². The largest absolute Gasteiger partial charge is 0.508 e. The highest BCUT2D eigenvalue weighted by Crippen LogP contribution is 2.25. The fraction of sp³-hybridized carbons (Fsp3) is 0.263. The number of hydrogen-bond acceptors (Lipinski definition) is 5. The molecule has 0 radical (unpaired) electrons. The monoisotopic (exact) mass is 377 g/mol. The SMILES string of the molecule is CCOC(=O)C(C=Nc1ccc(SC)cc1)Cc1ccc(O)cc1Cl. The zero-order chi connectivity index (χ0) is 18.2. The van der Waals surface area contributed by atoms with E-state index in [2.05, 4.69) is 4.99 Å². The lowest BCUT2D eigenvalue weighted by molar-refractivity contribution is -0.145. The zero-order valence-electron chi connectivity index (χ0n) is 14.1. The zero-order valence-corrected chi connectivity index (χ0v) is 15.7. The molecule has 4 nitrogen and oxygen atoms in total. The number of phenolic OH excluding ortho intramolecular Hbond substituents is 1. The summed E-state index contributed by atoms with van der Waals surface area (Å²) in [6, 6.07) is 12.5. The number of phenols is 1. The second-order valence-electron chi connectivity index (χ2n) is 5.31. The number of thioether (sulfide) groups is 1. The number of rotatable bonds is 7. The summed E-state index contributed by atoms with van der Waals surface area (Å²) < 4.78 is 5.14. The first kappa shape index (κ1) is 19.3. The molecular formula is C19H20ClNO3S. The third-order valence-electron chi connectivity index (χ3n) is 3.54. The van der Waals surface area contributed by atoms with Crippen molar-refractivity contribution in [1.29, 1.82) is 0 Å². The minimum absolute atomic E-state index is 0.0870. The summed E-state index contributed by atoms with van der Waals surface area (Å²) in [5.74, 6) is -0.817. The highest BCUT2D eigenvalue weighted by Gasteiger charge is 2.19. The summed E-state index contributed by atoms with van der Waals surface area (Å²) >= 11 is 7.80. The molecule has 0 saturated heterocycles. The van der Waals surface area contributed by atoms with Crippen LogP contribution < -0.4 is 0 Å². The molecule has 132 valence electrons. The van der Waals surface area contributed by atoms with E-state index in [1.54, 1.807) is 37.0 Å². The summed E-state index contributed by atoms with van der Waals surface area (Å²) in [5, 5.41) is 9.86. The van der Waals surface area contributed by atoms with Crippen LogP contribution in [0.1, 0.15) is 12.5 Å². The lowest BCUT2D eigenvalue weighted by Crippen LogP contribution is -2.21. The summed E-state index contributed by atoms with van der Waals surface area (Å²) in [7, 11) is 0. The number of aromatic hydroxyl groups is 1. The molecule has 25 heavy (non-hydrogen) atoms. The molecular weight excluding hydrogens is 358 g/mol. The molecule has 0 spiro atoms. The van der Waals surface area contributed by atoms with Gasteiger partial charge >= 0.3 is 5.97 Å². The molecule has 0 saturated carbocycles. The topological polar surface area (TPSA) is 58.9 Å². The predicted octanol–water partition coefficient (Wildman–Crippen LogP) is 4.89. The van der Waals surface area contributed by atoms with Crippen molar-refractivity contribution in [3.8, 4) is 5.75 Å². The molecule has 0 amide bonds. The van der Waals surface area contributed by atoms with Crippen LogP contribution in [0.2, 0.25) is 5.02 Å². The number of carbonyl (C=O) groups excluding carboxylic acids is 1. The number of halogens is 1. The highest BCUT2D eigenvalue weighted by atomic mass is 35.5. The van der Waals surface area contributed by atoms with Crippen molar-refractivity contribution in [3.63, 3.8) is 0 Å². The van der Waals surface area contributed by atoms with Gasteiger partial charge in [0, 0.05) is 16.1 Å². The molecule has 6 heteroatoms. The second-order valence-corrected chi connectivity index (χ2v) is 6.60. The van der Waals surface area contributed by atoms with Gasteiger partial charge in [-0.05, 0) is 61.6 Å². The van der Waals surface area contributed by atoms with Gasteiger partial charge in [-0.25, -0.2) is 0 Å². The Morgan fingerprint density at radius 2 is 2.04 bits per heavy atom. The van der Waals surface area contributed by atoms with Gasteiger partial charge in [0.1, 0.15) is 5.75 Å². The van der Waals surface area contributed by atoms with E-state index in [1.807, 2.05) is 30.5 Å². The van der Waals surface area contributed by atoms with Crippen LogP contribution in [0.15, 0.2) is 52.4 Å². The Bertz CT molecular complexity index is 747. The average Bonchev–Trinajstić information content (AvgIpc) is 2.61. The highest BCUT2D eigenvalue weighted by molar-refractivity contribution is 7.98. The Morgan fingerprint density at radius 3 is 2.64 bits per heavy atom. The Labute approximate surface area is 156 Å². The van der Waals surface area contributed by atoms with E-state index in [-0.39, 0.29) is 11.7 Å². The lowest BCUT2D eigenvalue weighted by atomic mass is 10.00.